The molecule has 1 N–H and O–H groups in total. The highest BCUT2D eigenvalue weighted by atomic mass is 16.6. The van der Waals surface area contributed by atoms with Gasteiger partial charge in [-0.2, -0.15) is 0 Å². The van der Waals surface area contributed by atoms with Crippen LogP contribution in [0.15, 0.2) is 18.2 Å². The van der Waals surface area contributed by atoms with Gasteiger partial charge in [0.2, 0.25) is 0 Å². The normalized spacial score (nSPS) is 18.4. The van der Waals surface area contributed by atoms with E-state index in [1.807, 2.05) is 0 Å². The second-order valence-corrected chi connectivity index (χ2v) is 3.46. The summed E-state index contributed by atoms with van der Waals surface area (Å²) in [5.74, 6) is 0.334. The van der Waals surface area contributed by atoms with Crippen LogP contribution in [0.3, 0.4) is 0 Å². The third-order valence-corrected chi connectivity index (χ3v) is 2.46. The Bertz CT molecular complexity index is 474. The molecular formula is C10H10N2O5. The predicted octanol–water partition coefficient (Wildman–Crippen LogP) is 1.38. The lowest BCUT2D eigenvalue weighted by atomic mass is 10.1. The van der Waals surface area contributed by atoms with Crippen molar-refractivity contribution < 1.29 is 19.2 Å². The molecule has 90 valence electrons. The van der Waals surface area contributed by atoms with Crippen LogP contribution in [-0.4, -0.2) is 24.7 Å². The minimum atomic E-state index is -0.509. The van der Waals surface area contributed by atoms with E-state index in [9.17, 15) is 14.9 Å². The Labute approximate surface area is 96.5 Å². The van der Waals surface area contributed by atoms with Gasteiger partial charge in [0.1, 0.15) is 11.9 Å². The Hall–Kier alpha value is -2.31. The standard InChI is InChI=1S/C10H10N2O5/c1-16-8-4-6(12(14)15)2-3-7(8)9-5-11-10(13)17-9/h2-4,9H,5H2,1H3,(H,11,13). The van der Waals surface area contributed by atoms with Crippen molar-refractivity contribution in [2.45, 2.75) is 6.10 Å². The lowest BCUT2D eigenvalue weighted by Crippen LogP contribution is -2.12. The third-order valence-electron chi connectivity index (χ3n) is 2.46. The monoisotopic (exact) mass is 238 g/mol. The second-order valence-electron chi connectivity index (χ2n) is 3.46. The van der Waals surface area contributed by atoms with E-state index in [2.05, 4.69) is 5.32 Å². The minimum absolute atomic E-state index is 0.0668. The second kappa shape index (κ2) is 4.28. The first-order valence-corrected chi connectivity index (χ1v) is 4.88. The summed E-state index contributed by atoms with van der Waals surface area (Å²) in [6.45, 7) is 0.326. The number of cyclic esters (lactones) is 1. The maximum atomic E-state index is 10.9. The van der Waals surface area contributed by atoms with Crippen LogP contribution in [-0.2, 0) is 4.74 Å². The van der Waals surface area contributed by atoms with Crippen LogP contribution in [0.5, 0.6) is 5.75 Å². The molecule has 1 unspecified atom stereocenters. The topological polar surface area (TPSA) is 90.7 Å². The van der Waals surface area contributed by atoms with E-state index in [1.54, 1.807) is 0 Å². The van der Waals surface area contributed by atoms with Crippen LogP contribution in [0.25, 0.3) is 0 Å². The fourth-order valence-corrected chi connectivity index (χ4v) is 1.64. The molecule has 0 radical (unpaired) electrons. The first-order chi connectivity index (χ1) is 8.11. The number of nitrogens with zero attached hydrogens (tertiary/aromatic N) is 1. The van der Waals surface area contributed by atoms with Gasteiger partial charge in [-0.1, -0.05) is 0 Å². The maximum Gasteiger partial charge on any atom is 0.407 e. The zero-order valence-corrected chi connectivity index (χ0v) is 9.00. The predicted molar refractivity (Wildman–Crippen MR) is 56.9 cm³/mol. The van der Waals surface area contributed by atoms with Gasteiger partial charge in [0.15, 0.2) is 0 Å². The van der Waals surface area contributed by atoms with Gasteiger partial charge in [0.25, 0.3) is 5.69 Å². The van der Waals surface area contributed by atoms with Crippen molar-refractivity contribution in [3.63, 3.8) is 0 Å². The molecule has 0 bridgehead atoms. The van der Waals surface area contributed by atoms with Gasteiger partial charge in [-0.15, -0.1) is 0 Å². The summed E-state index contributed by atoms with van der Waals surface area (Å²) in [6, 6.07) is 4.19. The number of hydrogen-bond donors (Lipinski definition) is 1. The summed E-state index contributed by atoms with van der Waals surface area (Å²) in [4.78, 5) is 21.0. The molecular weight excluding hydrogens is 228 g/mol. The maximum absolute atomic E-state index is 10.9. The van der Waals surface area contributed by atoms with Gasteiger partial charge < -0.3 is 14.8 Å². The fraction of sp³-hybridized carbons (Fsp3) is 0.300. The number of ether oxygens (including phenoxy) is 2. The number of hydrogen-bond acceptors (Lipinski definition) is 5. The molecule has 1 atom stereocenters. The molecule has 7 heteroatoms. The van der Waals surface area contributed by atoms with E-state index in [4.69, 9.17) is 9.47 Å². The molecule has 1 aliphatic rings. The van der Waals surface area contributed by atoms with Gasteiger partial charge >= 0.3 is 6.09 Å². The summed E-state index contributed by atoms with van der Waals surface area (Å²) in [5, 5.41) is 13.1. The summed E-state index contributed by atoms with van der Waals surface area (Å²) >= 11 is 0. The molecule has 0 aliphatic carbocycles. The van der Waals surface area contributed by atoms with Gasteiger partial charge in [-0.25, -0.2) is 4.79 Å². The van der Waals surface area contributed by atoms with Gasteiger partial charge in [0.05, 0.1) is 24.6 Å². The molecule has 0 spiro atoms. The van der Waals surface area contributed by atoms with Crippen molar-refractivity contribution in [3.8, 4) is 5.75 Å². The smallest absolute Gasteiger partial charge is 0.407 e. The van der Waals surface area contributed by atoms with Crippen molar-refractivity contribution in [1.82, 2.24) is 5.32 Å². The molecule has 1 heterocycles. The van der Waals surface area contributed by atoms with Crippen LogP contribution < -0.4 is 10.1 Å². The average molecular weight is 238 g/mol. The largest absolute Gasteiger partial charge is 0.496 e. The van der Waals surface area contributed by atoms with Crippen LogP contribution in [0.1, 0.15) is 11.7 Å². The van der Waals surface area contributed by atoms with Crippen molar-refractivity contribution in [3.05, 3.63) is 33.9 Å². The highest BCUT2D eigenvalue weighted by Gasteiger charge is 2.27. The number of nitro benzene ring substituents is 1. The van der Waals surface area contributed by atoms with E-state index >= 15 is 0 Å². The molecule has 0 aromatic heterocycles. The van der Waals surface area contributed by atoms with Crippen molar-refractivity contribution in [2.24, 2.45) is 0 Å². The highest BCUT2D eigenvalue weighted by Crippen LogP contribution is 2.32. The first-order valence-electron chi connectivity index (χ1n) is 4.88. The Morgan fingerprint density at radius 1 is 1.59 bits per heavy atom. The van der Waals surface area contributed by atoms with Crippen LogP contribution in [0.2, 0.25) is 0 Å². The van der Waals surface area contributed by atoms with E-state index in [-0.39, 0.29) is 5.69 Å². The highest BCUT2D eigenvalue weighted by molar-refractivity contribution is 5.70. The minimum Gasteiger partial charge on any atom is -0.496 e. The quantitative estimate of drug-likeness (QED) is 0.634. The van der Waals surface area contributed by atoms with Crippen molar-refractivity contribution in [1.29, 1.82) is 0 Å². The average Bonchev–Trinajstić information content (AvgIpc) is 2.74. The molecule has 17 heavy (non-hydrogen) atoms. The lowest BCUT2D eigenvalue weighted by molar-refractivity contribution is -0.384. The van der Waals surface area contributed by atoms with Crippen LogP contribution in [0, 0.1) is 10.1 Å². The molecule has 0 saturated carbocycles. The lowest BCUT2D eigenvalue weighted by Gasteiger charge is -2.12. The number of rotatable bonds is 3. The first kappa shape index (κ1) is 11.2. The Kier molecular flexibility index (Phi) is 2.82. The fourth-order valence-electron chi connectivity index (χ4n) is 1.64. The number of amides is 1. The SMILES string of the molecule is COc1cc([N+](=O)[O-])ccc1C1CNC(=O)O1. The van der Waals surface area contributed by atoms with Crippen LogP contribution >= 0.6 is 0 Å². The zero-order valence-electron chi connectivity index (χ0n) is 9.00. The molecule has 2 rings (SSSR count). The van der Waals surface area contributed by atoms with E-state index < -0.39 is 17.1 Å². The van der Waals surface area contributed by atoms with Gasteiger partial charge in [-0.3, -0.25) is 10.1 Å². The van der Waals surface area contributed by atoms with Gasteiger partial charge in [-0.05, 0) is 6.07 Å². The molecule has 1 aromatic rings. The third kappa shape index (κ3) is 2.12. The van der Waals surface area contributed by atoms with Gasteiger partial charge in [0, 0.05) is 11.6 Å². The Balaban J connectivity index is 2.34. The van der Waals surface area contributed by atoms with E-state index in [0.717, 1.165) is 0 Å². The molecule has 7 nitrogen and oxygen atoms in total. The number of carbonyl (C=O) groups excluding carboxylic acids is 1. The summed E-state index contributed by atoms with van der Waals surface area (Å²) in [5.41, 5.74) is 0.541. The number of nitro groups is 1. The Morgan fingerprint density at radius 3 is 2.88 bits per heavy atom. The zero-order chi connectivity index (χ0) is 12.4. The Morgan fingerprint density at radius 2 is 2.35 bits per heavy atom. The molecule has 1 saturated heterocycles. The number of carbonyl (C=O) groups is 1. The summed E-state index contributed by atoms with van der Waals surface area (Å²) < 4.78 is 10.1. The summed E-state index contributed by atoms with van der Waals surface area (Å²) in [6.07, 6.45) is -0.978. The molecule has 1 aromatic carbocycles. The number of benzene rings is 1. The van der Waals surface area contributed by atoms with Crippen LogP contribution in [0.4, 0.5) is 10.5 Å². The number of nitrogens with one attached hydrogen (secondary N) is 1. The number of alkyl carbamates (subject to hydrolysis) is 1. The van der Waals surface area contributed by atoms with E-state index in [0.29, 0.717) is 17.9 Å². The van der Waals surface area contributed by atoms with Crippen molar-refractivity contribution >= 4 is 11.8 Å². The van der Waals surface area contributed by atoms with E-state index in [1.165, 1.54) is 25.3 Å². The molecule has 1 fully saturated rings. The number of non-ortho nitro benzene ring substituents is 1. The summed E-state index contributed by atoms with van der Waals surface area (Å²) in [7, 11) is 1.41. The number of methoxy groups -OCH3 is 1. The molecule has 1 amide bonds. The van der Waals surface area contributed by atoms with Crippen molar-refractivity contribution in [2.75, 3.05) is 13.7 Å². The molecule has 1 aliphatic heterocycles.